The third-order valence-electron chi connectivity index (χ3n) is 6.66. The molecule has 0 unspecified atom stereocenters. The Morgan fingerprint density at radius 1 is 1.14 bits per heavy atom. The first kappa shape index (κ1) is 26.8. The first-order valence-electron chi connectivity index (χ1n) is 11.6. The molecule has 2 aromatic carbocycles. The van der Waals surface area contributed by atoms with E-state index in [1.165, 1.54) is 4.90 Å². The summed E-state index contributed by atoms with van der Waals surface area (Å²) < 4.78 is 74.5. The summed E-state index contributed by atoms with van der Waals surface area (Å²) in [6.07, 6.45) is -5.79. The van der Waals surface area contributed by atoms with Crippen LogP contribution in [-0.4, -0.2) is 52.7 Å². The zero-order valence-corrected chi connectivity index (χ0v) is 21.5. The van der Waals surface area contributed by atoms with E-state index in [1.807, 2.05) is 6.92 Å². The number of halogens is 5. The lowest BCUT2D eigenvalue weighted by atomic mass is 9.87. The molecule has 0 atom stereocenters. The Morgan fingerprint density at radius 3 is 2.43 bits per heavy atom. The molecule has 2 aromatic rings. The van der Waals surface area contributed by atoms with Crippen molar-refractivity contribution in [2.24, 2.45) is 0 Å². The van der Waals surface area contributed by atoms with Crippen LogP contribution in [0.4, 0.5) is 22.0 Å². The Labute approximate surface area is 216 Å². The van der Waals surface area contributed by atoms with Crippen molar-refractivity contribution >= 4 is 28.9 Å². The van der Waals surface area contributed by atoms with E-state index in [2.05, 4.69) is 5.32 Å². The fourth-order valence-corrected chi connectivity index (χ4v) is 4.63. The molecule has 2 aliphatic heterocycles. The molecule has 0 aliphatic carbocycles. The standard InChI is InChI=1S/C26H26F5N3O2S/c1-5-33(4)23(37)32-13-19-21(34-14-15-8-6-7-9-17(15)22(34)35)18-12-16(25(27,28)26(29,30)31)10-11-20(18)36-24(19,2)3/h6-12H,5,13-14H2,1-4H3,(H,32,37). The van der Waals surface area contributed by atoms with Crippen molar-refractivity contribution < 1.29 is 31.5 Å². The minimum Gasteiger partial charge on any atom is -0.483 e. The molecule has 0 saturated carbocycles. The first-order valence-corrected chi connectivity index (χ1v) is 12.0. The number of hydrogen-bond donors (Lipinski definition) is 1. The quantitative estimate of drug-likeness (QED) is 0.390. The van der Waals surface area contributed by atoms with Crippen LogP contribution in [0.3, 0.4) is 0 Å². The number of carbonyl (C=O) groups is 1. The van der Waals surface area contributed by atoms with Crippen molar-refractivity contribution in [3.05, 3.63) is 70.3 Å². The highest BCUT2D eigenvalue weighted by atomic mass is 32.1. The van der Waals surface area contributed by atoms with E-state index in [0.717, 1.165) is 17.7 Å². The zero-order chi connectivity index (χ0) is 27.3. The normalized spacial score (nSPS) is 16.8. The van der Waals surface area contributed by atoms with Gasteiger partial charge in [0.1, 0.15) is 11.4 Å². The second kappa shape index (κ2) is 9.27. The van der Waals surface area contributed by atoms with Crippen LogP contribution < -0.4 is 10.1 Å². The van der Waals surface area contributed by atoms with Gasteiger partial charge in [0.25, 0.3) is 5.91 Å². The zero-order valence-electron chi connectivity index (χ0n) is 20.7. The third kappa shape index (κ3) is 4.65. The molecule has 198 valence electrons. The minimum atomic E-state index is -5.79. The highest BCUT2D eigenvalue weighted by Gasteiger charge is 2.59. The number of thiocarbonyl (C=S) groups is 1. The fourth-order valence-electron chi connectivity index (χ4n) is 4.43. The van der Waals surface area contributed by atoms with Crippen LogP contribution in [0.25, 0.3) is 5.70 Å². The Hall–Kier alpha value is -3.21. The van der Waals surface area contributed by atoms with Crippen molar-refractivity contribution in [2.75, 3.05) is 20.1 Å². The van der Waals surface area contributed by atoms with Crippen LogP contribution in [0.15, 0.2) is 48.0 Å². The smallest absolute Gasteiger partial charge is 0.458 e. The van der Waals surface area contributed by atoms with Crippen molar-refractivity contribution in [2.45, 2.75) is 45.0 Å². The van der Waals surface area contributed by atoms with Crippen LogP contribution in [0.2, 0.25) is 0 Å². The van der Waals surface area contributed by atoms with Gasteiger partial charge in [0.15, 0.2) is 5.11 Å². The molecule has 1 amide bonds. The first-order chi connectivity index (χ1) is 17.2. The molecule has 2 aliphatic rings. The van der Waals surface area contributed by atoms with Crippen molar-refractivity contribution in [1.29, 1.82) is 0 Å². The molecule has 4 rings (SSSR count). The monoisotopic (exact) mass is 539 g/mol. The predicted molar refractivity (Wildman–Crippen MR) is 133 cm³/mol. The molecular formula is C26H26F5N3O2S. The molecule has 2 heterocycles. The van der Waals surface area contributed by atoms with E-state index in [0.29, 0.717) is 28.9 Å². The summed E-state index contributed by atoms with van der Waals surface area (Å²) in [5.41, 5.74) is -0.436. The number of hydrogen-bond acceptors (Lipinski definition) is 3. The van der Waals surface area contributed by atoms with Gasteiger partial charge in [0.05, 0.1) is 12.2 Å². The number of carbonyl (C=O) groups excluding carboxylic acids is 1. The Kier molecular flexibility index (Phi) is 6.72. The second-order valence-corrected chi connectivity index (χ2v) is 9.83. The molecule has 0 fully saturated rings. The van der Waals surface area contributed by atoms with Crippen LogP contribution in [-0.2, 0) is 12.5 Å². The number of nitrogens with one attached hydrogen (secondary N) is 1. The van der Waals surface area contributed by atoms with E-state index in [4.69, 9.17) is 17.0 Å². The number of ether oxygens (including phenoxy) is 1. The van der Waals surface area contributed by atoms with Gasteiger partial charge in [-0.15, -0.1) is 0 Å². The molecule has 0 aromatic heterocycles. The largest absolute Gasteiger partial charge is 0.483 e. The van der Waals surface area contributed by atoms with E-state index >= 15 is 0 Å². The number of benzene rings is 2. The number of fused-ring (bicyclic) bond motifs is 2. The molecule has 0 spiro atoms. The SMILES string of the molecule is CCN(C)C(=S)NCC1=C(N2Cc3ccccc3C2=O)c2cc(C(F)(F)C(F)(F)F)ccc2OC1(C)C. The van der Waals surface area contributed by atoms with Gasteiger partial charge in [-0.3, -0.25) is 4.79 Å². The number of alkyl halides is 5. The molecule has 0 bridgehead atoms. The van der Waals surface area contributed by atoms with Gasteiger partial charge in [-0.25, -0.2) is 0 Å². The lowest BCUT2D eigenvalue weighted by Crippen LogP contribution is -2.45. The molecular weight excluding hydrogens is 513 g/mol. The van der Waals surface area contributed by atoms with Gasteiger partial charge in [-0.05, 0) is 62.8 Å². The summed E-state index contributed by atoms with van der Waals surface area (Å²) in [6.45, 7) is 6.21. The predicted octanol–water partition coefficient (Wildman–Crippen LogP) is 5.71. The Bertz CT molecular complexity index is 1290. The van der Waals surface area contributed by atoms with E-state index < -0.39 is 23.3 Å². The van der Waals surface area contributed by atoms with Gasteiger partial charge in [-0.1, -0.05) is 18.2 Å². The average molecular weight is 540 g/mol. The highest BCUT2D eigenvalue weighted by Crippen LogP contribution is 2.49. The van der Waals surface area contributed by atoms with Gasteiger partial charge in [-0.2, -0.15) is 22.0 Å². The highest BCUT2D eigenvalue weighted by molar-refractivity contribution is 7.80. The maximum atomic E-state index is 14.4. The van der Waals surface area contributed by atoms with Gasteiger partial charge < -0.3 is 19.9 Å². The number of rotatable bonds is 5. The summed E-state index contributed by atoms with van der Waals surface area (Å²) in [4.78, 5) is 16.7. The van der Waals surface area contributed by atoms with E-state index in [9.17, 15) is 26.7 Å². The summed E-state index contributed by atoms with van der Waals surface area (Å²) in [5.74, 6) is -5.38. The summed E-state index contributed by atoms with van der Waals surface area (Å²) >= 11 is 5.41. The number of amides is 1. The molecule has 1 N–H and O–H groups in total. The van der Waals surface area contributed by atoms with E-state index in [1.54, 1.807) is 50.1 Å². The van der Waals surface area contributed by atoms with Gasteiger partial charge in [0, 0.05) is 42.4 Å². The van der Waals surface area contributed by atoms with Crippen molar-refractivity contribution in [1.82, 2.24) is 15.1 Å². The summed E-state index contributed by atoms with van der Waals surface area (Å²) in [5, 5.41) is 3.51. The topological polar surface area (TPSA) is 44.8 Å². The van der Waals surface area contributed by atoms with Gasteiger partial charge in [0.2, 0.25) is 0 Å². The van der Waals surface area contributed by atoms with Gasteiger partial charge >= 0.3 is 12.1 Å². The summed E-state index contributed by atoms with van der Waals surface area (Å²) in [7, 11) is 1.79. The van der Waals surface area contributed by atoms with Crippen LogP contribution in [0.1, 0.15) is 47.8 Å². The molecule has 0 saturated heterocycles. The lowest BCUT2D eigenvalue weighted by Gasteiger charge is -2.40. The Balaban J connectivity index is 1.91. The van der Waals surface area contributed by atoms with Crippen LogP contribution in [0, 0.1) is 0 Å². The summed E-state index contributed by atoms with van der Waals surface area (Å²) in [6, 6.07) is 9.47. The Morgan fingerprint density at radius 2 is 1.81 bits per heavy atom. The van der Waals surface area contributed by atoms with Crippen LogP contribution >= 0.6 is 12.2 Å². The fraction of sp³-hybridized carbons (Fsp3) is 0.385. The molecule has 37 heavy (non-hydrogen) atoms. The molecule has 11 heteroatoms. The average Bonchev–Trinajstić information content (AvgIpc) is 3.16. The molecule has 0 radical (unpaired) electrons. The van der Waals surface area contributed by atoms with E-state index in [-0.39, 0.29) is 36.0 Å². The maximum absolute atomic E-state index is 14.4. The third-order valence-corrected chi connectivity index (χ3v) is 7.12. The van der Waals surface area contributed by atoms with Crippen LogP contribution in [0.5, 0.6) is 5.75 Å². The number of nitrogens with zero attached hydrogens (tertiary/aromatic N) is 2. The minimum absolute atomic E-state index is 0.0199. The lowest BCUT2D eigenvalue weighted by molar-refractivity contribution is -0.289. The van der Waals surface area contributed by atoms with Crippen molar-refractivity contribution in [3.63, 3.8) is 0 Å². The molecule has 5 nitrogen and oxygen atoms in total. The second-order valence-electron chi connectivity index (χ2n) is 9.44. The maximum Gasteiger partial charge on any atom is 0.458 e. The van der Waals surface area contributed by atoms with Crippen molar-refractivity contribution in [3.8, 4) is 5.75 Å².